The molecule has 4 heteroatoms. The molecule has 2 rings (SSSR count). The Bertz CT molecular complexity index is 419. The number of aromatic amines is 1. The number of nitrogens with zero attached hydrogens (tertiary/aromatic N) is 1. The molecular weight excluding hydrogens is 202 g/mol. The van der Waals surface area contributed by atoms with Gasteiger partial charge < -0.3 is 10.3 Å². The van der Waals surface area contributed by atoms with Crippen LogP contribution >= 0.6 is 0 Å². The Morgan fingerprint density at radius 2 is 2.00 bits per heavy atom. The largest absolute Gasteiger partial charge is 0.326 e. The third kappa shape index (κ3) is 2.51. The molecule has 0 aromatic carbocycles. The van der Waals surface area contributed by atoms with Crippen LogP contribution in [0, 0.1) is 13.8 Å². The van der Waals surface area contributed by atoms with Gasteiger partial charge in [-0.25, -0.2) is 0 Å². The first-order valence-corrected chi connectivity index (χ1v) is 5.79. The molecule has 1 saturated heterocycles. The molecule has 0 saturated carbocycles. The van der Waals surface area contributed by atoms with Crippen LogP contribution < -0.4 is 10.9 Å². The second-order valence-electron chi connectivity index (χ2n) is 4.46. The summed E-state index contributed by atoms with van der Waals surface area (Å²) in [5.41, 5.74) is 3.06. The van der Waals surface area contributed by atoms with Crippen molar-refractivity contribution in [3.05, 3.63) is 33.2 Å². The zero-order valence-corrected chi connectivity index (χ0v) is 9.97. The van der Waals surface area contributed by atoms with Crippen LogP contribution in [0.5, 0.6) is 0 Å². The van der Waals surface area contributed by atoms with Crippen LogP contribution in [0.3, 0.4) is 0 Å². The van der Waals surface area contributed by atoms with E-state index in [1.807, 2.05) is 19.9 Å². The maximum absolute atomic E-state index is 11.8. The quantitative estimate of drug-likeness (QED) is 0.760. The molecule has 1 aromatic rings. The molecule has 2 N–H and O–H groups in total. The van der Waals surface area contributed by atoms with E-state index in [1.165, 1.54) is 0 Å². The molecule has 2 heterocycles. The van der Waals surface area contributed by atoms with Gasteiger partial charge in [-0.05, 0) is 25.5 Å². The third-order valence-electron chi connectivity index (χ3n) is 3.18. The summed E-state index contributed by atoms with van der Waals surface area (Å²) in [4.78, 5) is 17.0. The van der Waals surface area contributed by atoms with E-state index in [-0.39, 0.29) is 5.56 Å². The number of rotatable bonds is 2. The van der Waals surface area contributed by atoms with Crippen molar-refractivity contribution in [2.75, 3.05) is 26.2 Å². The molecule has 0 atom stereocenters. The lowest BCUT2D eigenvalue weighted by molar-refractivity contribution is 0.232. The first-order chi connectivity index (χ1) is 7.66. The summed E-state index contributed by atoms with van der Waals surface area (Å²) in [6.45, 7) is 8.81. The Kier molecular flexibility index (Phi) is 3.41. The van der Waals surface area contributed by atoms with Gasteiger partial charge in [-0.15, -0.1) is 0 Å². The highest BCUT2D eigenvalue weighted by molar-refractivity contribution is 5.23. The number of aromatic nitrogens is 1. The Labute approximate surface area is 95.7 Å². The minimum Gasteiger partial charge on any atom is -0.326 e. The fourth-order valence-corrected chi connectivity index (χ4v) is 2.01. The summed E-state index contributed by atoms with van der Waals surface area (Å²) >= 11 is 0. The van der Waals surface area contributed by atoms with E-state index >= 15 is 0 Å². The van der Waals surface area contributed by atoms with Crippen LogP contribution in [0.25, 0.3) is 0 Å². The number of pyridine rings is 1. The molecule has 1 aliphatic rings. The van der Waals surface area contributed by atoms with Gasteiger partial charge in [0, 0.05) is 44.0 Å². The molecule has 0 amide bonds. The van der Waals surface area contributed by atoms with Gasteiger partial charge >= 0.3 is 0 Å². The Morgan fingerprint density at radius 1 is 1.31 bits per heavy atom. The molecule has 1 aliphatic heterocycles. The highest BCUT2D eigenvalue weighted by Crippen LogP contribution is 2.06. The van der Waals surface area contributed by atoms with Gasteiger partial charge in [0.05, 0.1) is 0 Å². The molecule has 0 radical (unpaired) electrons. The van der Waals surface area contributed by atoms with E-state index in [2.05, 4.69) is 15.2 Å². The summed E-state index contributed by atoms with van der Waals surface area (Å²) in [6, 6.07) is 2.01. The highest BCUT2D eigenvalue weighted by atomic mass is 16.1. The average molecular weight is 221 g/mol. The number of hydrogen-bond acceptors (Lipinski definition) is 3. The fourth-order valence-electron chi connectivity index (χ4n) is 2.01. The minimum atomic E-state index is 0.0571. The van der Waals surface area contributed by atoms with Crippen molar-refractivity contribution in [1.82, 2.24) is 15.2 Å². The number of hydrogen-bond donors (Lipinski definition) is 2. The Balaban J connectivity index is 2.14. The lowest BCUT2D eigenvalue weighted by Gasteiger charge is -2.26. The summed E-state index contributed by atoms with van der Waals surface area (Å²) in [6.07, 6.45) is 0. The van der Waals surface area contributed by atoms with Gasteiger partial charge in [-0.2, -0.15) is 0 Å². The zero-order valence-electron chi connectivity index (χ0n) is 9.97. The zero-order chi connectivity index (χ0) is 11.5. The monoisotopic (exact) mass is 221 g/mol. The van der Waals surface area contributed by atoms with Crippen LogP contribution in [0.2, 0.25) is 0 Å². The Morgan fingerprint density at radius 3 is 2.69 bits per heavy atom. The van der Waals surface area contributed by atoms with E-state index in [0.29, 0.717) is 0 Å². The van der Waals surface area contributed by atoms with Crippen LogP contribution in [0.4, 0.5) is 0 Å². The smallest absolute Gasteiger partial charge is 0.252 e. The molecule has 4 nitrogen and oxygen atoms in total. The summed E-state index contributed by atoms with van der Waals surface area (Å²) in [7, 11) is 0. The van der Waals surface area contributed by atoms with Gasteiger partial charge in [-0.1, -0.05) is 0 Å². The first kappa shape index (κ1) is 11.4. The van der Waals surface area contributed by atoms with Crippen molar-refractivity contribution >= 4 is 0 Å². The molecule has 0 spiro atoms. The average Bonchev–Trinajstić information content (AvgIpc) is 2.27. The molecular formula is C12H19N3O. The molecule has 0 unspecified atom stereocenters. The minimum absolute atomic E-state index is 0.0571. The molecule has 16 heavy (non-hydrogen) atoms. The van der Waals surface area contributed by atoms with E-state index in [0.717, 1.165) is 49.5 Å². The first-order valence-electron chi connectivity index (χ1n) is 5.79. The SMILES string of the molecule is Cc1cc(CN2CCNCC2)c(=O)[nH]c1C. The van der Waals surface area contributed by atoms with E-state index in [4.69, 9.17) is 0 Å². The summed E-state index contributed by atoms with van der Waals surface area (Å²) in [5, 5.41) is 3.31. The predicted octanol–water partition coefficient (Wildman–Crippen LogP) is 0.397. The summed E-state index contributed by atoms with van der Waals surface area (Å²) in [5.74, 6) is 0. The highest BCUT2D eigenvalue weighted by Gasteiger charge is 2.12. The fraction of sp³-hybridized carbons (Fsp3) is 0.583. The van der Waals surface area contributed by atoms with Crippen LogP contribution in [-0.2, 0) is 6.54 Å². The predicted molar refractivity (Wildman–Crippen MR) is 64.7 cm³/mol. The molecule has 1 aromatic heterocycles. The standard InChI is InChI=1S/C12H19N3O/c1-9-7-11(12(16)14-10(9)2)8-15-5-3-13-4-6-15/h7,13H,3-6,8H2,1-2H3,(H,14,16). The molecule has 1 fully saturated rings. The lowest BCUT2D eigenvalue weighted by Crippen LogP contribution is -2.43. The van der Waals surface area contributed by atoms with Gasteiger partial charge in [0.25, 0.3) is 5.56 Å². The van der Waals surface area contributed by atoms with Crippen molar-refractivity contribution in [2.24, 2.45) is 0 Å². The second-order valence-corrected chi connectivity index (χ2v) is 4.46. The van der Waals surface area contributed by atoms with E-state index < -0.39 is 0 Å². The number of aryl methyl sites for hydroxylation is 2. The maximum atomic E-state index is 11.8. The van der Waals surface area contributed by atoms with Crippen molar-refractivity contribution in [3.8, 4) is 0 Å². The topological polar surface area (TPSA) is 48.1 Å². The van der Waals surface area contributed by atoms with Gasteiger partial charge in [-0.3, -0.25) is 9.69 Å². The lowest BCUT2D eigenvalue weighted by atomic mass is 10.1. The molecule has 0 bridgehead atoms. The number of piperazine rings is 1. The number of H-pyrrole nitrogens is 1. The van der Waals surface area contributed by atoms with Gasteiger partial charge in [0.15, 0.2) is 0 Å². The number of nitrogens with one attached hydrogen (secondary N) is 2. The second kappa shape index (κ2) is 4.80. The normalized spacial score (nSPS) is 17.6. The maximum Gasteiger partial charge on any atom is 0.252 e. The van der Waals surface area contributed by atoms with Crippen molar-refractivity contribution in [2.45, 2.75) is 20.4 Å². The van der Waals surface area contributed by atoms with Crippen molar-refractivity contribution in [3.63, 3.8) is 0 Å². The van der Waals surface area contributed by atoms with Gasteiger partial charge in [0.2, 0.25) is 0 Å². The van der Waals surface area contributed by atoms with Crippen molar-refractivity contribution < 1.29 is 0 Å². The van der Waals surface area contributed by atoms with Gasteiger partial charge in [0.1, 0.15) is 0 Å². The van der Waals surface area contributed by atoms with E-state index in [9.17, 15) is 4.79 Å². The third-order valence-corrected chi connectivity index (χ3v) is 3.18. The van der Waals surface area contributed by atoms with E-state index in [1.54, 1.807) is 0 Å². The van der Waals surface area contributed by atoms with Crippen molar-refractivity contribution in [1.29, 1.82) is 0 Å². The van der Waals surface area contributed by atoms with Crippen LogP contribution in [-0.4, -0.2) is 36.1 Å². The molecule has 0 aliphatic carbocycles. The summed E-state index contributed by atoms with van der Waals surface area (Å²) < 4.78 is 0. The molecule has 88 valence electrons. The van der Waals surface area contributed by atoms with Crippen LogP contribution in [0.15, 0.2) is 10.9 Å². The Hall–Kier alpha value is -1.13. The van der Waals surface area contributed by atoms with Crippen LogP contribution in [0.1, 0.15) is 16.8 Å².